The predicted molar refractivity (Wildman–Crippen MR) is 73.5 cm³/mol. The van der Waals surface area contributed by atoms with Crippen LogP contribution in [0.1, 0.15) is 11.6 Å². The van der Waals surface area contributed by atoms with Crippen molar-refractivity contribution < 1.29 is 19.4 Å². The maximum Gasteiger partial charge on any atom is 0.409 e. The summed E-state index contributed by atoms with van der Waals surface area (Å²) in [6.45, 7) is 1.73. The van der Waals surface area contributed by atoms with Gasteiger partial charge in [-0.25, -0.2) is 4.79 Å². The molecule has 0 spiro atoms. The summed E-state index contributed by atoms with van der Waals surface area (Å²) in [4.78, 5) is 10.8. The summed E-state index contributed by atoms with van der Waals surface area (Å²) in [5.74, 6) is 0.530. The van der Waals surface area contributed by atoms with Crippen LogP contribution in [0.3, 0.4) is 0 Å². The molecule has 21 heavy (non-hydrogen) atoms. The van der Waals surface area contributed by atoms with E-state index in [1.54, 1.807) is 12.1 Å². The van der Waals surface area contributed by atoms with Gasteiger partial charge < -0.3 is 14.6 Å². The summed E-state index contributed by atoms with van der Waals surface area (Å²) in [5, 5.41) is 15.8. The summed E-state index contributed by atoms with van der Waals surface area (Å²) in [5.41, 5.74) is 3.09. The largest absolute Gasteiger partial charge is 0.486 e. The van der Waals surface area contributed by atoms with Crippen LogP contribution in [0, 0.1) is 0 Å². The molecule has 4 rings (SSSR count). The Kier molecular flexibility index (Phi) is 2.61. The number of nitrogens with one attached hydrogen (secondary N) is 1. The molecule has 0 radical (unpaired) electrons. The van der Waals surface area contributed by atoms with Crippen LogP contribution in [-0.2, 0) is 11.3 Å². The highest BCUT2D eigenvalue weighted by Crippen LogP contribution is 2.41. The number of nitrogens with zero attached hydrogens (tertiary/aromatic N) is 2. The lowest BCUT2D eigenvalue weighted by atomic mass is 10.0. The molecule has 3 heterocycles. The average molecular weight is 287 g/mol. The number of aromatic nitrogens is 2. The summed E-state index contributed by atoms with van der Waals surface area (Å²) in [6.07, 6.45) is 0.859. The van der Waals surface area contributed by atoms with Gasteiger partial charge in [0.2, 0.25) is 0 Å². The Labute approximate surface area is 120 Å². The highest BCUT2D eigenvalue weighted by atomic mass is 16.5. The van der Waals surface area contributed by atoms with Crippen LogP contribution < -0.4 is 10.1 Å². The topological polar surface area (TPSA) is 85.6 Å². The van der Waals surface area contributed by atoms with E-state index in [-0.39, 0.29) is 6.04 Å². The molecule has 7 heteroatoms. The number of carbonyl (C=O) groups is 1. The molecular weight excluding hydrogens is 274 g/mol. The second-order valence-corrected chi connectivity index (χ2v) is 5.08. The van der Waals surface area contributed by atoms with E-state index in [4.69, 9.17) is 14.6 Å². The summed E-state index contributed by atoms with van der Waals surface area (Å²) in [6, 6.07) is 5.62. The molecule has 2 aromatic rings. The lowest BCUT2D eigenvalue weighted by Crippen LogP contribution is -2.30. The quantitative estimate of drug-likeness (QED) is 0.883. The van der Waals surface area contributed by atoms with Gasteiger partial charge in [0.1, 0.15) is 12.3 Å². The van der Waals surface area contributed by atoms with E-state index in [1.807, 2.05) is 16.9 Å². The highest BCUT2D eigenvalue weighted by molar-refractivity contribution is 5.89. The van der Waals surface area contributed by atoms with Crippen molar-refractivity contribution >= 4 is 11.8 Å². The molecule has 0 saturated carbocycles. The van der Waals surface area contributed by atoms with Gasteiger partial charge in [-0.3, -0.25) is 10.00 Å². The predicted octanol–water partition coefficient (Wildman–Crippen LogP) is 2.10. The Morgan fingerprint density at radius 1 is 1.43 bits per heavy atom. The van der Waals surface area contributed by atoms with E-state index in [1.165, 1.54) is 0 Å². The second kappa shape index (κ2) is 4.49. The Balaban J connectivity index is 1.77. The number of carboxylic acid groups (broad SMARTS) is 1. The zero-order chi connectivity index (χ0) is 14.4. The number of hydrogen-bond acceptors (Lipinski definition) is 4. The number of benzene rings is 1. The number of amides is 1. The van der Waals surface area contributed by atoms with E-state index >= 15 is 0 Å². The minimum absolute atomic E-state index is 0.277. The zero-order valence-corrected chi connectivity index (χ0v) is 11.1. The summed E-state index contributed by atoms with van der Waals surface area (Å²) < 4.78 is 12.8. The van der Waals surface area contributed by atoms with Gasteiger partial charge in [0, 0.05) is 17.3 Å². The van der Waals surface area contributed by atoms with Crippen LogP contribution in [-0.4, -0.2) is 34.2 Å². The number of para-hydroxylation sites is 1. The van der Waals surface area contributed by atoms with E-state index < -0.39 is 6.09 Å². The Hall–Kier alpha value is -2.54. The zero-order valence-electron chi connectivity index (χ0n) is 11.1. The fourth-order valence-corrected chi connectivity index (χ4v) is 2.57. The smallest absolute Gasteiger partial charge is 0.409 e. The fraction of sp³-hybridized carbons (Fsp3) is 0.286. The highest BCUT2D eigenvalue weighted by Gasteiger charge is 2.27. The van der Waals surface area contributed by atoms with Gasteiger partial charge in [-0.15, -0.1) is 0 Å². The van der Waals surface area contributed by atoms with Gasteiger partial charge in [-0.05, 0) is 12.1 Å². The molecule has 2 aliphatic rings. The molecule has 1 amide bonds. The van der Waals surface area contributed by atoms with Crippen molar-refractivity contribution in [2.24, 2.45) is 0 Å². The van der Waals surface area contributed by atoms with Gasteiger partial charge in [-0.2, -0.15) is 5.10 Å². The van der Waals surface area contributed by atoms with Crippen molar-refractivity contribution in [2.75, 3.05) is 18.5 Å². The molecule has 0 atom stereocenters. The van der Waals surface area contributed by atoms with Crippen molar-refractivity contribution in [3.8, 4) is 17.0 Å². The number of rotatable bonds is 2. The Morgan fingerprint density at radius 2 is 2.29 bits per heavy atom. The Morgan fingerprint density at radius 3 is 3.00 bits per heavy atom. The van der Waals surface area contributed by atoms with Crippen molar-refractivity contribution in [1.29, 1.82) is 0 Å². The molecule has 1 saturated heterocycles. The monoisotopic (exact) mass is 287 g/mol. The minimum atomic E-state index is -1.12. The summed E-state index contributed by atoms with van der Waals surface area (Å²) >= 11 is 0. The van der Waals surface area contributed by atoms with Crippen molar-refractivity contribution in [3.63, 3.8) is 0 Å². The molecule has 108 valence electrons. The first-order valence-electron chi connectivity index (χ1n) is 6.64. The molecule has 1 aromatic heterocycles. The fourth-order valence-electron chi connectivity index (χ4n) is 2.57. The second-order valence-electron chi connectivity index (χ2n) is 5.08. The molecule has 0 bridgehead atoms. The van der Waals surface area contributed by atoms with Gasteiger partial charge in [0.25, 0.3) is 0 Å². The molecule has 2 N–H and O–H groups in total. The third kappa shape index (κ3) is 1.93. The number of hydrogen-bond donors (Lipinski definition) is 2. The van der Waals surface area contributed by atoms with Crippen LogP contribution in [0.25, 0.3) is 11.3 Å². The first-order valence-corrected chi connectivity index (χ1v) is 6.64. The molecule has 1 aromatic carbocycles. The molecule has 0 unspecified atom stereocenters. The first-order chi connectivity index (χ1) is 10.2. The number of ether oxygens (including phenoxy) is 2. The van der Waals surface area contributed by atoms with Crippen LogP contribution in [0.5, 0.6) is 5.75 Å². The van der Waals surface area contributed by atoms with Gasteiger partial charge in [0.15, 0.2) is 5.75 Å². The van der Waals surface area contributed by atoms with Crippen LogP contribution in [0.15, 0.2) is 24.4 Å². The molecule has 2 aliphatic heterocycles. The van der Waals surface area contributed by atoms with Crippen LogP contribution >= 0.6 is 0 Å². The molecular formula is C14H13N3O4. The third-order valence-corrected chi connectivity index (χ3v) is 3.69. The normalized spacial score (nSPS) is 16.4. The average Bonchev–Trinajstić information content (AvgIpc) is 2.79. The van der Waals surface area contributed by atoms with Crippen LogP contribution in [0.4, 0.5) is 10.5 Å². The maximum absolute atomic E-state index is 10.8. The molecule has 1 fully saturated rings. The number of fused-ring (bicyclic) bond motifs is 3. The SMILES string of the molecule is O=C(O)Nc1cccc2c1OCc1cn(C3COC3)nc1-2. The third-order valence-electron chi connectivity index (χ3n) is 3.69. The molecule has 7 nitrogen and oxygen atoms in total. The lowest BCUT2D eigenvalue weighted by Gasteiger charge is -2.25. The lowest BCUT2D eigenvalue weighted by molar-refractivity contribution is -0.0285. The molecule has 0 aliphatic carbocycles. The van der Waals surface area contributed by atoms with Gasteiger partial charge in [-0.1, -0.05) is 6.07 Å². The van der Waals surface area contributed by atoms with Crippen LogP contribution in [0.2, 0.25) is 0 Å². The van der Waals surface area contributed by atoms with Gasteiger partial charge in [0.05, 0.1) is 24.9 Å². The van der Waals surface area contributed by atoms with E-state index in [9.17, 15) is 4.79 Å². The Bertz CT molecular complexity index is 721. The number of anilines is 1. The van der Waals surface area contributed by atoms with E-state index in [2.05, 4.69) is 10.4 Å². The van der Waals surface area contributed by atoms with Crippen molar-refractivity contribution in [3.05, 3.63) is 30.0 Å². The van der Waals surface area contributed by atoms with E-state index in [0.717, 1.165) is 16.8 Å². The summed E-state index contributed by atoms with van der Waals surface area (Å²) in [7, 11) is 0. The maximum atomic E-state index is 10.8. The standard InChI is InChI=1S/C14H13N3O4/c18-14(19)15-11-3-1-2-10-12-8(5-21-13(10)11)4-17(16-12)9-6-20-7-9/h1-4,9,15H,5-7H2,(H,18,19). The van der Waals surface area contributed by atoms with Crippen molar-refractivity contribution in [1.82, 2.24) is 9.78 Å². The van der Waals surface area contributed by atoms with Gasteiger partial charge >= 0.3 is 6.09 Å². The minimum Gasteiger partial charge on any atom is -0.486 e. The van der Waals surface area contributed by atoms with E-state index in [0.29, 0.717) is 31.3 Å². The first kappa shape index (κ1) is 12.2. The van der Waals surface area contributed by atoms with Crippen molar-refractivity contribution in [2.45, 2.75) is 12.6 Å².